The zero-order valence-electron chi connectivity index (χ0n) is 21.3. The van der Waals surface area contributed by atoms with Crippen LogP contribution in [0.5, 0.6) is 0 Å². The Bertz CT molecular complexity index is 1510. The van der Waals surface area contributed by atoms with Gasteiger partial charge in [-0.25, -0.2) is 14.4 Å². The summed E-state index contributed by atoms with van der Waals surface area (Å²) in [5, 5.41) is 11.4. The summed E-state index contributed by atoms with van der Waals surface area (Å²) in [5.41, 5.74) is 1.66. The van der Waals surface area contributed by atoms with Crippen molar-refractivity contribution in [1.29, 1.82) is 0 Å². The summed E-state index contributed by atoms with van der Waals surface area (Å²) in [6.45, 7) is 8.65. The molecule has 3 heterocycles. The number of unbranched alkanes of at least 4 members (excludes halogenated alkanes) is 3. The number of nitrogens with zero attached hydrogens (tertiary/aromatic N) is 5. The molecule has 0 saturated heterocycles. The van der Waals surface area contributed by atoms with Gasteiger partial charge in [0, 0.05) is 33.9 Å². The van der Waals surface area contributed by atoms with Gasteiger partial charge in [-0.2, -0.15) is 5.10 Å². The number of hydrogen-bond acceptors (Lipinski definition) is 6. The quantitative estimate of drug-likeness (QED) is 0.163. The largest absolute Gasteiger partial charge is 0.340 e. The number of halogens is 2. The van der Waals surface area contributed by atoms with Crippen molar-refractivity contribution in [3.63, 3.8) is 0 Å². The normalized spacial score (nSPS) is 11.9. The molecule has 0 amide bonds. The number of aromatic nitrogens is 4. The number of fused-ring (bicyclic) bond motifs is 5. The molecule has 9 heteroatoms. The lowest BCUT2D eigenvalue weighted by molar-refractivity contribution is 0.253. The molecule has 0 aliphatic carbocycles. The average molecular weight is 539 g/mol. The van der Waals surface area contributed by atoms with Gasteiger partial charge in [-0.15, -0.1) is 11.3 Å². The highest BCUT2D eigenvalue weighted by Gasteiger charge is 2.16. The van der Waals surface area contributed by atoms with Gasteiger partial charge in [-0.05, 0) is 50.2 Å². The first-order chi connectivity index (χ1) is 18.1. The summed E-state index contributed by atoms with van der Waals surface area (Å²) in [7, 11) is 0. The molecule has 0 bridgehead atoms. The second-order valence-electron chi connectivity index (χ2n) is 9.43. The molecule has 6 nitrogen and oxygen atoms in total. The molecule has 0 fully saturated rings. The molecule has 0 atom stereocenters. The molecule has 0 aliphatic rings. The van der Waals surface area contributed by atoms with E-state index in [1.165, 1.54) is 38.2 Å². The van der Waals surface area contributed by atoms with Gasteiger partial charge in [0.15, 0.2) is 0 Å². The lowest BCUT2D eigenvalue weighted by Crippen LogP contribution is -2.29. The minimum absolute atomic E-state index is 0.0676. The van der Waals surface area contributed by atoms with Gasteiger partial charge in [0.2, 0.25) is 0 Å². The van der Waals surface area contributed by atoms with Crippen molar-refractivity contribution >= 4 is 65.6 Å². The maximum absolute atomic E-state index is 13.6. The van der Waals surface area contributed by atoms with Gasteiger partial charge >= 0.3 is 0 Å². The van der Waals surface area contributed by atoms with Crippen LogP contribution in [0.25, 0.3) is 31.2 Å². The van der Waals surface area contributed by atoms with Gasteiger partial charge in [0.05, 0.1) is 22.5 Å². The second-order valence-corrected chi connectivity index (χ2v) is 10.8. The fraction of sp³-hybridized carbons (Fsp3) is 0.393. The molecular formula is C28H32ClFN6S. The van der Waals surface area contributed by atoms with Crippen molar-refractivity contribution in [1.82, 2.24) is 24.6 Å². The van der Waals surface area contributed by atoms with Crippen LogP contribution in [0.3, 0.4) is 0 Å². The van der Waals surface area contributed by atoms with Crippen molar-refractivity contribution in [2.75, 3.05) is 25.0 Å². The summed E-state index contributed by atoms with van der Waals surface area (Å²) in [4.78, 5) is 12.5. The van der Waals surface area contributed by atoms with Gasteiger partial charge in [0.25, 0.3) is 0 Å². The smallest absolute Gasteiger partial charge is 0.143 e. The highest BCUT2D eigenvalue weighted by molar-refractivity contribution is 7.26. The molecule has 1 N–H and O–H groups in total. The molecule has 37 heavy (non-hydrogen) atoms. The fourth-order valence-electron chi connectivity index (χ4n) is 4.79. The van der Waals surface area contributed by atoms with Crippen molar-refractivity contribution in [3.05, 3.63) is 53.7 Å². The molecule has 0 spiro atoms. The van der Waals surface area contributed by atoms with E-state index in [4.69, 9.17) is 16.7 Å². The number of rotatable bonds is 12. The summed E-state index contributed by atoms with van der Waals surface area (Å²) in [5.74, 6) is 0.221. The Morgan fingerprint density at radius 2 is 1.89 bits per heavy atom. The van der Waals surface area contributed by atoms with Crippen LogP contribution in [-0.2, 0) is 6.54 Å². The van der Waals surface area contributed by atoms with Crippen LogP contribution >= 0.6 is 22.9 Å². The molecule has 5 aromatic rings. The third-order valence-electron chi connectivity index (χ3n) is 6.66. The highest BCUT2D eigenvalue weighted by Crippen LogP contribution is 2.40. The van der Waals surface area contributed by atoms with Crippen molar-refractivity contribution < 1.29 is 4.39 Å². The topological polar surface area (TPSA) is 58.9 Å². The van der Waals surface area contributed by atoms with E-state index in [1.807, 2.05) is 0 Å². The molecule has 2 aromatic carbocycles. The lowest BCUT2D eigenvalue weighted by Gasteiger charge is -2.21. The van der Waals surface area contributed by atoms with Gasteiger partial charge in [0.1, 0.15) is 22.8 Å². The summed E-state index contributed by atoms with van der Waals surface area (Å²) in [6.07, 6.45) is 10.0. The number of hydrogen-bond donors (Lipinski definition) is 1. The van der Waals surface area contributed by atoms with Crippen molar-refractivity contribution in [2.24, 2.45) is 0 Å². The van der Waals surface area contributed by atoms with Gasteiger partial charge in [-0.3, -0.25) is 4.68 Å². The van der Waals surface area contributed by atoms with E-state index in [1.54, 1.807) is 29.8 Å². The number of thiophene rings is 1. The van der Waals surface area contributed by atoms with Crippen molar-refractivity contribution in [2.45, 2.75) is 52.5 Å². The Balaban J connectivity index is 1.41. The minimum Gasteiger partial charge on any atom is -0.340 e. The number of nitrogens with one attached hydrogen (secondary N) is 1. The number of benzene rings is 2. The molecular weight excluding hydrogens is 507 g/mol. The van der Waals surface area contributed by atoms with E-state index in [-0.39, 0.29) is 5.02 Å². The average Bonchev–Trinajstić information content (AvgIpc) is 3.49. The molecule has 0 unspecified atom stereocenters. The zero-order valence-corrected chi connectivity index (χ0v) is 22.9. The predicted octanol–water partition coefficient (Wildman–Crippen LogP) is 8.02. The van der Waals surface area contributed by atoms with Crippen LogP contribution in [0.4, 0.5) is 15.9 Å². The second kappa shape index (κ2) is 11.7. The van der Waals surface area contributed by atoms with Crippen LogP contribution < -0.4 is 5.32 Å². The van der Waals surface area contributed by atoms with Crippen LogP contribution in [0.15, 0.2) is 42.9 Å². The van der Waals surface area contributed by atoms with Gasteiger partial charge in [-0.1, -0.05) is 50.8 Å². The first kappa shape index (κ1) is 25.8. The van der Waals surface area contributed by atoms with E-state index >= 15 is 0 Å². The fourth-order valence-corrected chi connectivity index (χ4v) is 6.12. The van der Waals surface area contributed by atoms with E-state index in [0.29, 0.717) is 11.5 Å². The number of anilines is 2. The molecule has 0 radical (unpaired) electrons. The Hall–Kier alpha value is -2.81. The molecule has 5 rings (SSSR count). The summed E-state index contributed by atoms with van der Waals surface area (Å²) < 4.78 is 16.8. The SMILES string of the molecule is CCCCCCN(CCC)CCn1cc2c(ccc3c2sc2ncnc(Nc4ccc(F)c(Cl)c4)c23)n1. The zero-order chi connectivity index (χ0) is 25.8. The predicted molar refractivity (Wildman–Crippen MR) is 154 cm³/mol. The minimum atomic E-state index is -0.449. The molecule has 0 saturated carbocycles. The molecule has 0 aliphatic heterocycles. The van der Waals surface area contributed by atoms with E-state index < -0.39 is 5.82 Å². The van der Waals surface area contributed by atoms with Gasteiger partial charge < -0.3 is 10.2 Å². The third-order valence-corrected chi connectivity index (χ3v) is 8.10. The third kappa shape index (κ3) is 5.71. The molecule has 3 aromatic heterocycles. The first-order valence-corrected chi connectivity index (χ1v) is 14.2. The Morgan fingerprint density at radius 1 is 1.00 bits per heavy atom. The monoisotopic (exact) mass is 538 g/mol. The first-order valence-electron chi connectivity index (χ1n) is 13.0. The highest BCUT2D eigenvalue weighted by atomic mass is 35.5. The van der Waals surface area contributed by atoms with Crippen LogP contribution in [0.1, 0.15) is 46.0 Å². The summed E-state index contributed by atoms with van der Waals surface area (Å²) in [6, 6.07) is 8.72. The van der Waals surface area contributed by atoms with E-state index in [2.05, 4.69) is 57.0 Å². The van der Waals surface area contributed by atoms with Crippen molar-refractivity contribution in [3.8, 4) is 0 Å². The Kier molecular flexibility index (Phi) is 8.17. The maximum atomic E-state index is 13.6. The van der Waals surface area contributed by atoms with E-state index in [0.717, 1.165) is 57.4 Å². The maximum Gasteiger partial charge on any atom is 0.143 e. The Labute approximate surface area is 225 Å². The van der Waals surface area contributed by atoms with Crippen LogP contribution in [0, 0.1) is 5.82 Å². The molecule has 194 valence electrons. The summed E-state index contributed by atoms with van der Waals surface area (Å²) >= 11 is 7.62. The van der Waals surface area contributed by atoms with Crippen LogP contribution in [0.2, 0.25) is 5.02 Å². The Morgan fingerprint density at radius 3 is 2.70 bits per heavy atom. The van der Waals surface area contributed by atoms with Crippen LogP contribution in [-0.4, -0.2) is 44.3 Å². The van der Waals surface area contributed by atoms with E-state index in [9.17, 15) is 4.39 Å². The lowest BCUT2D eigenvalue weighted by atomic mass is 10.1. The standard InChI is InChI=1S/C28H32ClFN6S/c1-3-5-6-7-13-35(12-4-2)14-15-36-17-21-24(34-36)11-9-20-25-27(31-18-32-28(25)37-26(20)21)33-19-8-10-23(30)22(29)16-19/h8-11,16-18H,3-7,12-15H2,1-2H3,(H,31,32,33).